The lowest BCUT2D eigenvalue weighted by Crippen LogP contribution is -2.23. The molecule has 150 valence electrons. The van der Waals surface area contributed by atoms with Crippen molar-refractivity contribution in [3.8, 4) is 17.2 Å². The number of aryl methyl sites for hydroxylation is 1. The van der Waals surface area contributed by atoms with Gasteiger partial charge < -0.3 is 0 Å². The second-order valence-electron chi connectivity index (χ2n) is 7.81. The summed E-state index contributed by atoms with van der Waals surface area (Å²) in [6.45, 7) is 3.86. The largest absolute Gasteiger partial charge is 0.279 e. The molecule has 4 nitrogen and oxygen atoms in total. The van der Waals surface area contributed by atoms with E-state index in [1.54, 1.807) is 23.2 Å². The maximum absolute atomic E-state index is 13.4. The Labute approximate surface area is 185 Å². The number of aromatic nitrogens is 1. The van der Waals surface area contributed by atoms with E-state index in [-0.39, 0.29) is 11.8 Å². The van der Waals surface area contributed by atoms with Gasteiger partial charge in [-0.25, -0.2) is 0 Å². The topological polar surface area (TPSA) is 57.0 Å². The van der Waals surface area contributed by atoms with E-state index >= 15 is 0 Å². The summed E-state index contributed by atoms with van der Waals surface area (Å²) in [4.78, 5) is 19.7. The van der Waals surface area contributed by atoms with E-state index in [9.17, 15) is 10.1 Å². The summed E-state index contributed by atoms with van der Waals surface area (Å²) < 4.78 is 0. The Balaban J connectivity index is 1.77. The fraction of sp³-hybridized carbons (Fsp3) is 0.115. The zero-order valence-electron chi connectivity index (χ0n) is 17.1. The molecule has 0 fully saturated rings. The monoisotopic (exact) mass is 423 g/mol. The van der Waals surface area contributed by atoms with Crippen molar-refractivity contribution in [2.24, 2.45) is 0 Å². The van der Waals surface area contributed by atoms with Crippen LogP contribution >= 0.6 is 11.6 Å². The van der Waals surface area contributed by atoms with Gasteiger partial charge in [-0.2, -0.15) is 5.26 Å². The number of pyridine rings is 1. The molecular weight excluding hydrogens is 406 g/mol. The number of fused-ring (bicyclic) bond motifs is 3. The lowest BCUT2D eigenvalue weighted by Gasteiger charge is -2.22. The molecule has 3 aromatic carbocycles. The fourth-order valence-electron chi connectivity index (χ4n) is 4.18. The van der Waals surface area contributed by atoms with Gasteiger partial charge >= 0.3 is 0 Å². The third-order valence-electron chi connectivity index (χ3n) is 5.91. The van der Waals surface area contributed by atoms with Gasteiger partial charge in [0.25, 0.3) is 0 Å². The third kappa shape index (κ3) is 3.06. The van der Waals surface area contributed by atoms with Crippen LogP contribution in [-0.2, 0) is 4.79 Å². The minimum Gasteiger partial charge on any atom is -0.279 e. The molecule has 1 atom stereocenters. The molecule has 0 saturated heterocycles. The molecule has 0 aliphatic carbocycles. The van der Waals surface area contributed by atoms with Crippen LogP contribution in [0.4, 0.5) is 11.4 Å². The molecule has 4 aromatic rings. The van der Waals surface area contributed by atoms with Gasteiger partial charge in [0.15, 0.2) is 0 Å². The number of benzene rings is 3. The second kappa shape index (κ2) is 7.23. The van der Waals surface area contributed by atoms with Crippen molar-refractivity contribution in [3.63, 3.8) is 0 Å². The zero-order chi connectivity index (χ0) is 21.7. The normalized spacial score (nSPS) is 15.2. The first-order valence-electron chi connectivity index (χ1n) is 10.0. The molecule has 0 radical (unpaired) electrons. The quantitative estimate of drug-likeness (QED) is 0.369. The predicted molar refractivity (Wildman–Crippen MR) is 124 cm³/mol. The highest BCUT2D eigenvalue weighted by atomic mass is 35.5. The van der Waals surface area contributed by atoms with Crippen LogP contribution in [0.2, 0.25) is 5.02 Å². The third-order valence-corrected chi connectivity index (χ3v) is 6.16. The molecule has 0 N–H and O–H groups in total. The molecule has 0 spiro atoms. The molecule has 1 unspecified atom stereocenters. The van der Waals surface area contributed by atoms with Crippen LogP contribution < -0.4 is 4.90 Å². The van der Waals surface area contributed by atoms with E-state index in [1.807, 2.05) is 56.3 Å². The van der Waals surface area contributed by atoms with Crippen LogP contribution in [0.25, 0.3) is 22.0 Å². The highest BCUT2D eigenvalue weighted by Gasteiger charge is 2.37. The number of carbonyl (C=O) groups excluding carboxylic acids is 1. The van der Waals surface area contributed by atoms with Crippen molar-refractivity contribution in [1.82, 2.24) is 4.98 Å². The highest BCUT2D eigenvalue weighted by Crippen LogP contribution is 2.46. The first-order valence-corrected chi connectivity index (χ1v) is 10.4. The van der Waals surface area contributed by atoms with Crippen molar-refractivity contribution < 1.29 is 4.79 Å². The molecule has 1 aliphatic heterocycles. The minimum atomic E-state index is -0.309. The highest BCUT2D eigenvalue weighted by molar-refractivity contribution is 6.30. The number of hydrogen-bond acceptors (Lipinski definition) is 3. The van der Waals surface area contributed by atoms with Gasteiger partial charge in [-0.1, -0.05) is 35.9 Å². The SMILES string of the molecule is Cc1ccc(C#N)cc1N1C(=O)C(C)c2cnc3ccc(-c4ccc(Cl)cc4)cc3c21. The van der Waals surface area contributed by atoms with Gasteiger partial charge in [-0.15, -0.1) is 0 Å². The Morgan fingerprint density at radius 1 is 1.03 bits per heavy atom. The van der Waals surface area contributed by atoms with E-state index in [0.29, 0.717) is 10.6 Å². The summed E-state index contributed by atoms with van der Waals surface area (Å²) in [5, 5.41) is 11.0. The van der Waals surface area contributed by atoms with Crippen LogP contribution in [0.1, 0.15) is 29.5 Å². The second-order valence-corrected chi connectivity index (χ2v) is 8.25. The minimum absolute atomic E-state index is 0.0145. The first-order chi connectivity index (χ1) is 15.0. The smallest absolute Gasteiger partial charge is 0.238 e. The summed E-state index contributed by atoms with van der Waals surface area (Å²) >= 11 is 6.05. The van der Waals surface area contributed by atoms with Crippen molar-refractivity contribution in [2.45, 2.75) is 19.8 Å². The average molecular weight is 424 g/mol. The Morgan fingerprint density at radius 2 is 1.77 bits per heavy atom. The van der Waals surface area contributed by atoms with Gasteiger partial charge in [0.1, 0.15) is 0 Å². The molecule has 0 bridgehead atoms. The van der Waals surface area contributed by atoms with Crippen molar-refractivity contribution in [3.05, 3.63) is 88.6 Å². The maximum Gasteiger partial charge on any atom is 0.238 e. The Kier molecular flexibility index (Phi) is 4.50. The van der Waals surface area contributed by atoms with E-state index in [4.69, 9.17) is 11.6 Å². The standard InChI is InChI=1S/C26H18ClN3O/c1-15-3-4-17(13-28)11-24(15)30-25-21-12-19(18-5-8-20(27)9-6-18)7-10-23(21)29-14-22(25)16(2)26(30)31/h3-12,14,16H,1-2H3. The number of anilines is 2. The van der Waals surface area contributed by atoms with Crippen LogP contribution in [0, 0.1) is 18.3 Å². The van der Waals surface area contributed by atoms with Crippen LogP contribution in [0.5, 0.6) is 0 Å². The van der Waals surface area contributed by atoms with Gasteiger partial charge in [0.2, 0.25) is 5.91 Å². The fourth-order valence-corrected chi connectivity index (χ4v) is 4.30. The molecular formula is C26H18ClN3O. The maximum atomic E-state index is 13.4. The van der Waals surface area contributed by atoms with Gasteiger partial charge in [-0.3, -0.25) is 14.7 Å². The van der Waals surface area contributed by atoms with Crippen molar-refractivity contribution in [1.29, 1.82) is 5.26 Å². The molecule has 5 heteroatoms. The summed E-state index contributed by atoms with van der Waals surface area (Å²) in [6, 6.07) is 21.4. The number of carbonyl (C=O) groups is 1. The van der Waals surface area contributed by atoms with E-state index in [2.05, 4.69) is 17.1 Å². The Bertz CT molecular complexity index is 1400. The Morgan fingerprint density at radius 3 is 2.52 bits per heavy atom. The number of amides is 1. The van der Waals surface area contributed by atoms with Gasteiger partial charge in [0, 0.05) is 22.2 Å². The molecule has 1 amide bonds. The van der Waals surface area contributed by atoms with Gasteiger partial charge in [0.05, 0.1) is 34.4 Å². The number of nitrogens with zero attached hydrogens (tertiary/aromatic N) is 3. The predicted octanol–water partition coefficient (Wildman–Crippen LogP) is 6.52. The number of nitriles is 1. The number of rotatable bonds is 2. The summed E-state index contributed by atoms with van der Waals surface area (Å²) in [5.41, 5.74) is 6.81. The molecule has 1 aromatic heterocycles. The number of hydrogen-bond donors (Lipinski definition) is 0. The molecule has 2 heterocycles. The van der Waals surface area contributed by atoms with E-state index < -0.39 is 0 Å². The molecule has 1 aliphatic rings. The van der Waals surface area contributed by atoms with Crippen molar-refractivity contribution in [2.75, 3.05) is 4.90 Å². The van der Waals surface area contributed by atoms with E-state index in [1.165, 1.54) is 0 Å². The van der Waals surface area contributed by atoms with Gasteiger partial charge in [-0.05, 0) is 66.9 Å². The van der Waals surface area contributed by atoms with Crippen LogP contribution in [0.3, 0.4) is 0 Å². The zero-order valence-corrected chi connectivity index (χ0v) is 17.8. The molecule has 5 rings (SSSR count). The average Bonchev–Trinajstić information content (AvgIpc) is 3.05. The molecule has 31 heavy (non-hydrogen) atoms. The lowest BCUT2D eigenvalue weighted by atomic mass is 9.99. The summed E-state index contributed by atoms with van der Waals surface area (Å²) in [6.07, 6.45) is 1.80. The Hall–Kier alpha value is -3.68. The summed E-state index contributed by atoms with van der Waals surface area (Å²) in [7, 11) is 0. The van der Waals surface area contributed by atoms with Crippen LogP contribution in [0.15, 0.2) is 66.9 Å². The van der Waals surface area contributed by atoms with Crippen molar-refractivity contribution >= 4 is 39.8 Å². The first kappa shape index (κ1) is 19.3. The number of halogens is 1. The summed E-state index contributed by atoms with van der Waals surface area (Å²) in [5.74, 6) is -0.324. The van der Waals surface area contributed by atoms with E-state index in [0.717, 1.165) is 44.5 Å². The molecule has 0 saturated carbocycles. The van der Waals surface area contributed by atoms with Crippen LogP contribution in [-0.4, -0.2) is 10.9 Å². The lowest BCUT2D eigenvalue weighted by molar-refractivity contribution is -0.118.